The highest BCUT2D eigenvalue weighted by Gasteiger charge is 2.27. The zero-order valence-corrected chi connectivity index (χ0v) is 17.7. The van der Waals surface area contributed by atoms with Gasteiger partial charge in [0.05, 0.1) is 5.52 Å². The summed E-state index contributed by atoms with van der Waals surface area (Å²) in [5.74, 6) is -2.34. The Balaban J connectivity index is 1.90. The van der Waals surface area contributed by atoms with E-state index in [4.69, 9.17) is 9.52 Å². The van der Waals surface area contributed by atoms with E-state index in [1.165, 1.54) is 13.1 Å². The Bertz CT molecular complexity index is 1450. The number of pyridine rings is 1. The number of carboxylic acids is 2. The van der Waals surface area contributed by atoms with Crippen LogP contribution in [0.3, 0.4) is 0 Å². The van der Waals surface area contributed by atoms with Gasteiger partial charge in [0, 0.05) is 42.0 Å². The molecule has 0 spiro atoms. The first kappa shape index (κ1) is 21.3. The molecular formula is C22H18N2O7S. The van der Waals surface area contributed by atoms with E-state index in [9.17, 15) is 23.1 Å². The van der Waals surface area contributed by atoms with Crippen molar-refractivity contribution in [3.63, 3.8) is 0 Å². The lowest BCUT2D eigenvalue weighted by Gasteiger charge is -2.06. The monoisotopic (exact) mass is 454 g/mol. The first-order chi connectivity index (χ1) is 15.2. The van der Waals surface area contributed by atoms with Crippen LogP contribution in [0.5, 0.6) is 0 Å². The van der Waals surface area contributed by atoms with Gasteiger partial charge in [-0.15, -0.1) is 0 Å². The van der Waals surface area contributed by atoms with E-state index in [0.29, 0.717) is 16.5 Å². The quantitative estimate of drug-likeness (QED) is 0.432. The van der Waals surface area contributed by atoms with Crippen molar-refractivity contribution in [3.8, 4) is 11.1 Å². The van der Waals surface area contributed by atoms with Gasteiger partial charge in [-0.2, -0.15) is 8.42 Å². The molecule has 0 saturated carbocycles. The summed E-state index contributed by atoms with van der Waals surface area (Å²) < 4.78 is 32.8. The largest absolute Gasteiger partial charge is 0.481 e. The van der Waals surface area contributed by atoms with Crippen LogP contribution in [0.2, 0.25) is 0 Å². The maximum Gasteiger partial charge on any atom is 0.339 e. The minimum Gasteiger partial charge on any atom is -0.481 e. The van der Waals surface area contributed by atoms with Gasteiger partial charge in [-0.3, -0.25) is 9.78 Å². The molecule has 0 saturated heterocycles. The molecule has 0 bridgehead atoms. The molecule has 4 aromatic rings. The molecule has 3 heterocycles. The molecule has 0 radical (unpaired) electrons. The fourth-order valence-electron chi connectivity index (χ4n) is 3.51. The number of aryl methyl sites for hydroxylation is 2. The SMILES string of the molecule is Cc1oc(S(=O)(=O)n2cc(CCC(=O)O)c3cc(-c4cccnc4)ccc32)cc1C(=O)O. The summed E-state index contributed by atoms with van der Waals surface area (Å²) in [6.07, 6.45) is 4.60. The third-order valence-electron chi connectivity index (χ3n) is 5.09. The molecule has 164 valence electrons. The third kappa shape index (κ3) is 3.76. The fraction of sp³-hybridized carbons (Fsp3) is 0.136. The smallest absolute Gasteiger partial charge is 0.339 e. The zero-order valence-electron chi connectivity index (χ0n) is 16.8. The minimum absolute atomic E-state index is 0.0301. The number of hydrogen-bond donors (Lipinski definition) is 2. The number of carboxylic acid groups (broad SMARTS) is 2. The first-order valence-corrected chi connectivity index (χ1v) is 11.0. The first-order valence-electron chi connectivity index (χ1n) is 9.54. The van der Waals surface area contributed by atoms with Gasteiger partial charge >= 0.3 is 22.0 Å². The van der Waals surface area contributed by atoms with E-state index >= 15 is 0 Å². The Morgan fingerprint density at radius 3 is 2.53 bits per heavy atom. The predicted octanol–water partition coefficient (Wildman–Crippen LogP) is 3.56. The number of nitrogens with zero attached hydrogens (tertiary/aromatic N) is 2. The van der Waals surface area contributed by atoms with Crippen LogP contribution < -0.4 is 0 Å². The highest BCUT2D eigenvalue weighted by atomic mass is 32.2. The van der Waals surface area contributed by atoms with Crippen molar-refractivity contribution < 1.29 is 32.6 Å². The Morgan fingerprint density at radius 1 is 1.12 bits per heavy atom. The van der Waals surface area contributed by atoms with Crippen LogP contribution >= 0.6 is 0 Å². The molecule has 0 amide bonds. The summed E-state index contributed by atoms with van der Waals surface area (Å²) in [7, 11) is -4.27. The maximum atomic E-state index is 13.3. The summed E-state index contributed by atoms with van der Waals surface area (Å²) in [5, 5.41) is 18.4. The number of aromatic nitrogens is 2. The second-order valence-corrected chi connectivity index (χ2v) is 8.91. The molecule has 0 unspecified atom stereocenters. The Hall–Kier alpha value is -3.92. The Labute approximate surface area is 182 Å². The molecule has 0 fully saturated rings. The highest BCUT2D eigenvalue weighted by molar-refractivity contribution is 7.90. The van der Waals surface area contributed by atoms with Crippen LogP contribution in [-0.2, 0) is 21.2 Å². The summed E-state index contributed by atoms with van der Waals surface area (Å²) in [6.45, 7) is 1.37. The van der Waals surface area contributed by atoms with Crippen molar-refractivity contribution >= 4 is 32.9 Å². The molecule has 32 heavy (non-hydrogen) atoms. The number of rotatable bonds is 7. The predicted molar refractivity (Wildman–Crippen MR) is 114 cm³/mol. The number of furan rings is 1. The molecule has 1 aromatic carbocycles. The lowest BCUT2D eigenvalue weighted by atomic mass is 10.0. The third-order valence-corrected chi connectivity index (χ3v) is 6.62. The molecule has 4 rings (SSSR count). The van der Waals surface area contributed by atoms with Crippen molar-refractivity contribution in [1.29, 1.82) is 0 Å². The topological polar surface area (TPSA) is 140 Å². The average Bonchev–Trinajstić information content (AvgIpc) is 3.34. The van der Waals surface area contributed by atoms with Gasteiger partial charge in [-0.05, 0) is 42.7 Å². The van der Waals surface area contributed by atoms with Gasteiger partial charge in [-0.25, -0.2) is 8.77 Å². The van der Waals surface area contributed by atoms with Gasteiger partial charge in [0.1, 0.15) is 11.3 Å². The highest BCUT2D eigenvalue weighted by Crippen LogP contribution is 2.32. The van der Waals surface area contributed by atoms with Crippen LogP contribution in [0, 0.1) is 6.92 Å². The second-order valence-electron chi connectivity index (χ2n) is 7.16. The summed E-state index contributed by atoms with van der Waals surface area (Å²) in [4.78, 5) is 26.5. The van der Waals surface area contributed by atoms with Crippen LogP contribution in [0.4, 0.5) is 0 Å². The zero-order chi connectivity index (χ0) is 23.0. The van der Waals surface area contributed by atoms with Crippen LogP contribution in [0.25, 0.3) is 22.0 Å². The molecular weight excluding hydrogens is 436 g/mol. The van der Waals surface area contributed by atoms with Gasteiger partial charge in [0.25, 0.3) is 0 Å². The van der Waals surface area contributed by atoms with Gasteiger partial charge < -0.3 is 14.6 Å². The van der Waals surface area contributed by atoms with Crippen LogP contribution in [-0.4, -0.2) is 39.5 Å². The Kier molecular flexibility index (Phi) is 5.31. The Morgan fingerprint density at radius 2 is 1.91 bits per heavy atom. The lowest BCUT2D eigenvalue weighted by molar-refractivity contribution is -0.136. The maximum absolute atomic E-state index is 13.3. The van der Waals surface area contributed by atoms with Crippen molar-refractivity contribution in [2.45, 2.75) is 24.9 Å². The molecule has 0 atom stereocenters. The van der Waals surface area contributed by atoms with Crippen molar-refractivity contribution in [3.05, 3.63) is 71.9 Å². The number of fused-ring (bicyclic) bond motifs is 1. The average molecular weight is 454 g/mol. The standard InChI is InChI=1S/C22H18N2O7S/c1-13-17(22(27)28)10-21(31-13)32(29,30)24-12-16(5-7-20(25)26)18-9-14(4-6-19(18)24)15-3-2-8-23-11-15/h2-4,6,8-12H,5,7H2,1H3,(H,25,26)(H,27,28). The summed E-state index contributed by atoms with van der Waals surface area (Å²) in [5.41, 5.74) is 2.22. The molecule has 2 N–H and O–H groups in total. The van der Waals surface area contributed by atoms with Crippen LogP contribution in [0.15, 0.2) is 64.5 Å². The summed E-state index contributed by atoms with van der Waals surface area (Å²) >= 11 is 0. The minimum atomic E-state index is -4.27. The molecule has 10 heteroatoms. The van der Waals surface area contributed by atoms with E-state index in [2.05, 4.69) is 4.98 Å². The summed E-state index contributed by atoms with van der Waals surface area (Å²) in [6, 6.07) is 9.75. The van der Waals surface area contributed by atoms with E-state index in [1.807, 2.05) is 6.07 Å². The fourth-order valence-corrected chi connectivity index (χ4v) is 4.89. The molecule has 0 aliphatic carbocycles. The van der Waals surface area contributed by atoms with E-state index < -0.39 is 27.1 Å². The van der Waals surface area contributed by atoms with E-state index in [0.717, 1.165) is 21.2 Å². The molecule has 3 aromatic heterocycles. The molecule has 0 aliphatic rings. The number of hydrogen-bond acceptors (Lipinski definition) is 6. The number of carbonyl (C=O) groups is 2. The van der Waals surface area contributed by atoms with Crippen molar-refractivity contribution in [2.75, 3.05) is 0 Å². The number of aromatic carboxylic acids is 1. The van der Waals surface area contributed by atoms with Crippen molar-refractivity contribution in [2.24, 2.45) is 0 Å². The normalized spacial score (nSPS) is 11.7. The van der Waals surface area contributed by atoms with Gasteiger partial charge in [0.15, 0.2) is 0 Å². The van der Waals surface area contributed by atoms with E-state index in [-0.39, 0.29) is 24.2 Å². The van der Waals surface area contributed by atoms with Gasteiger partial charge in [-0.1, -0.05) is 12.1 Å². The second kappa shape index (κ2) is 7.97. The molecule has 9 nitrogen and oxygen atoms in total. The van der Waals surface area contributed by atoms with Crippen molar-refractivity contribution in [1.82, 2.24) is 8.96 Å². The number of aliphatic carboxylic acids is 1. The van der Waals surface area contributed by atoms with E-state index in [1.54, 1.807) is 36.7 Å². The van der Waals surface area contributed by atoms with Gasteiger partial charge in [0.2, 0.25) is 5.09 Å². The lowest BCUT2D eigenvalue weighted by Crippen LogP contribution is -2.11. The van der Waals surface area contributed by atoms with Crippen LogP contribution in [0.1, 0.15) is 28.1 Å². The molecule has 0 aliphatic heterocycles. The number of benzene rings is 1.